The zero-order valence-electron chi connectivity index (χ0n) is 17.6. The van der Waals surface area contributed by atoms with Crippen LogP contribution in [0.25, 0.3) is 0 Å². The van der Waals surface area contributed by atoms with E-state index in [1.807, 2.05) is 15.7 Å². The summed E-state index contributed by atoms with van der Waals surface area (Å²) in [7, 11) is 16.0. The van der Waals surface area contributed by atoms with Gasteiger partial charge in [0.2, 0.25) is 0 Å². The number of carbonyl (C=O) groups excluding carboxylic acids is 2. The second-order valence-electron chi connectivity index (χ2n) is 12.2. The summed E-state index contributed by atoms with van der Waals surface area (Å²) < 4.78 is 16.9. The van der Waals surface area contributed by atoms with Crippen LogP contribution < -0.4 is 0 Å². The van der Waals surface area contributed by atoms with Crippen molar-refractivity contribution in [2.24, 2.45) is 0 Å². The number of hydrogen-bond acceptors (Lipinski definition) is 5. The quantitative estimate of drug-likeness (QED) is 0.244. The van der Waals surface area contributed by atoms with E-state index in [-0.39, 0.29) is 5.30 Å². The fourth-order valence-electron chi connectivity index (χ4n) is 7.76. The molecule has 0 bridgehead atoms. The summed E-state index contributed by atoms with van der Waals surface area (Å²) in [6.45, 7) is 3.52. The molecule has 7 fully saturated rings. The van der Waals surface area contributed by atoms with Crippen molar-refractivity contribution in [1.82, 2.24) is 0 Å². The van der Waals surface area contributed by atoms with E-state index in [1.54, 1.807) is 0 Å². The molecule has 23 heteroatoms. The van der Waals surface area contributed by atoms with E-state index in [4.69, 9.17) is 14.2 Å². The maximum absolute atomic E-state index is 12.6. The zero-order valence-corrected chi connectivity index (χ0v) is 17.6. The fraction of sp³-hybridized carbons (Fsp3) is 0.667. The molecule has 0 N–H and O–H groups in total. The van der Waals surface area contributed by atoms with Gasteiger partial charge >= 0.3 is 12.3 Å². The number of hydrogen-bond donors (Lipinski definition) is 0. The van der Waals surface area contributed by atoms with Gasteiger partial charge in [0.1, 0.15) is 22.4 Å². The Morgan fingerprint density at radius 1 is 0.759 bits per heavy atom. The lowest BCUT2D eigenvalue weighted by molar-refractivity contribution is 0.0315. The number of ether oxygens (including phenoxy) is 3. The molecule has 0 unspecified atom stereocenters. The molecule has 7 rings (SSSR count). The first-order valence-electron chi connectivity index (χ1n) is 11.9. The highest BCUT2D eigenvalue weighted by molar-refractivity contribution is 7.99. The minimum absolute atomic E-state index is 0.363. The van der Waals surface area contributed by atoms with Gasteiger partial charge in [0.15, 0.2) is 0 Å². The predicted octanol–water partition coefficient (Wildman–Crippen LogP) is -10.4. The van der Waals surface area contributed by atoms with Crippen molar-refractivity contribution < 1.29 is 23.8 Å². The number of carbonyl (C=O) groups is 2. The fourth-order valence-corrected chi connectivity index (χ4v) is 7.76. The smallest absolute Gasteiger partial charge is 0.457 e. The van der Waals surface area contributed by atoms with Gasteiger partial charge in [-0.3, -0.25) is 0 Å². The highest BCUT2D eigenvalue weighted by atomic mass is 16.8. The first-order chi connectivity index (χ1) is 13.8. The third-order valence-electron chi connectivity index (χ3n) is 9.76. The van der Waals surface area contributed by atoms with Gasteiger partial charge in [-0.05, 0) is 5.30 Å². The molecule has 0 saturated carbocycles. The number of fused-ring (bicyclic) bond motifs is 2. The highest BCUT2D eigenvalue weighted by Crippen LogP contribution is 2.74. The van der Waals surface area contributed by atoms with E-state index >= 15 is 0 Å². The summed E-state index contributed by atoms with van der Waals surface area (Å²) in [4.78, 5) is 25.2. The Bertz CT molecular complexity index is 754. The van der Waals surface area contributed by atoms with Crippen LogP contribution >= 0.6 is 0 Å². The lowest BCUT2D eigenvalue weighted by Gasteiger charge is -2.39. The molecular formula is C6H14B18O5. The maximum atomic E-state index is 12.6. The molecule has 0 amide bonds. The third kappa shape index (κ3) is 2.73. The van der Waals surface area contributed by atoms with Crippen LogP contribution in [0.15, 0.2) is 0 Å². The van der Waals surface area contributed by atoms with Crippen LogP contribution in [0.4, 0.5) is 9.59 Å². The lowest BCUT2D eigenvalue weighted by atomic mass is 9.03. The Morgan fingerprint density at radius 2 is 1.14 bits per heavy atom. The Morgan fingerprint density at radius 3 is 1.48 bits per heavy atom. The monoisotopic (exact) mass is 364 g/mol. The molecule has 0 spiro atoms. The van der Waals surface area contributed by atoms with Crippen LogP contribution in [0.3, 0.4) is 0 Å². The van der Waals surface area contributed by atoms with Crippen molar-refractivity contribution in [3.05, 3.63) is 0 Å². The minimum Gasteiger partial charge on any atom is -0.457 e. The topological polar surface area (TPSA) is 61.8 Å². The molecule has 7 aliphatic rings. The Kier molecular flexibility index (Phi) is 3.47. The van der Waals surface area contributed by atoms with E-state index in [1.165, 1.54) is 28.7 Å². The first-order valence-corrected chi connectivity index (χ1v) is 11.9. The van der Waals surface area contributed by atoms with Crippen LogP contribution in [0, 0.1) is 0 Å². The molecule has 0 aromatic heterocycles. The second-order valence-corrected chi connectivity index (χ2v) is 12.2. The van der Waals surface area contributed by atoms with Gasteiger partial charge in [0.05, 0.1) is 61.2 Å². The molecule has 0 aromatic carbocycles. The van der Waals surface area contributed by atoms with Crippen molar-refractivity contribution in [2.75, 3.05) is 0 Å². The lowest BCUT2D eigenvalue weighted by Crippen LogP contribution is -2.60. The second kappa shape index (κ2) is 5.45. The largest absolute Gasteiger partial charge is 0.516 e. The van der Waals surface area contributed by atoms with Crippen LogP contribution in [0.1, 0.15) is 0 Å². The third-order valence-corrected chi connectivity index (χ3v) is 9.76. The van der Waals surface area contributed by atoms with Crippen molar-refractivity contribution in [3.8, 4) is 0 Å². The summed E-state index contributed by atoms with van der Waals surface area (Å²) in [5.41, 5.74) is 0. The molecule has 0 radical (unpaired) electrons. The Balaban J connectivity index is 1.02. The predicted molar refractivity (Wildman–Crippen MR) is 148 cm³/mol. The number of rotatable bonds is 8. The summed E-state index contributed by atoms with van der Waals surface area (Å²) >= 11 is 0. The molecule has 7 aliphatic heterocycles. The summed E-state index contributed by atoms with van der Waals surface area (Å²) in [6, 6.07) is 0. The summed E-state index contributed by atoms with van der Waals surface area (Å²) in [5, 5.41) is -0.102. The normalized spacial score (nSPS) is 24.6. The molecule has 122 valence electrons. The van der Waals surface area contributed by atoms with Gasteiger partial charge in [-0.2, -0.15) is 0 Å². The minimum atomic E-state index is -0.871. The van der Waals surface area contributed by atoms with Gasteiger partial charge in [-0.1, -0.05) is 0 Å². The van der Waals surface area contributed by atoms with Gasteiger partial charge in [-0.25, -0.2) is 9.59 Å². The highest BCUT2D eigenvalue weighted by Gasteiger charge is 2.88. The standard InChI is InChI=1S/C6H14B18O5/c7-3(8,19(4-9-20(4)10-4)5-11-21(5)12-5)28-1(25)27-2(26)29-6(22-13-14-22,23-15-16-23)24-17-18-24/h9-18H,7-8H2. The average molecular weight is 361 g/mol. The van der Waals surface area contributed by atoms with Gasteiger partial charge < -0.3 is 14.2 Å². The summed E-state index contributed by atoms with van der Waals surface area (Å²) in [6.07, 6.45) is -1.71. The van der Waals surface area contributed by atoms with Crippen molar-refractivity contribution in [2.45, 2.75) is 20.6 Å². The van der Waals surface area contributed by atoms with E-state index < -0.39 is 17.6 Å². The van der Waals surface area contributed by atoms with Crippen LogP contribution in [0.5, 0.6) is 0 Å². The Hall–Kier alpha value is -0.0912. The van der Waals surface area contributed by atoms with Crippen molar-refractivity contribution in [3.63, 3.8) is 0 Å². The SMILES string of the molecule is BC(B)(OC(=O)OC(=O)OC(B1BB1)(B1BB1)B1BB1)B(C12BB1B2)C12BB1B2. The van der Waals surface area contributed by atoms with Crippen LogP contribution in [-0.2, 0) is 14.2 Å². The van der Waals surface area contributed by atoms with E-state index in [9.17, 15) is 9.59 Å². The van der Waals surface area contributed by atoms with E-state index in [2.05, 4.69) is 0 Å². The molecule has 7 saturated heterocycles. The van der Waals surface area contributed by atoms with Gasteiger partial charge in [0, 0.05) is 47.7 Å². The van der Waals surface area contributed by atoms with E-state index in [0.29, 0.717) is 36.2 Å². The van der Waals surface area contributed by atoms with Crippen LogP contribution in [-0.4, -0.2) is 149 Å². The average Bonchev–Trinajstić information content (AvgIpc) is 3.34. The molecule has 0 atom stereocenters. The molecule has 5 nitrogen and oxygen atoms in total. The van der Waals surface area contributed by atoms with Crippen molar-refractivity contribution >= 4 is 138 Å². The first kappa shape index (κ1) is 18.5. The molecule has 7 heterocycles. The zero-order chi connectivity index (χ0) is 19.8. The molecule has 0 aliphatic carbocycles. The van der Waals surface area contributed by atoms with E-state index in [0.717, 1.165) is 55.4 Å². The van der Waals surface area contributed by atoms with Gasteiger partial charge in [-0.15, -0.1) is 10.0 Å². The van der Waals surface area contributed by atoms with Crippen molar-refractivity contribution in [1.29, 1.82) is 0 Å². The summed E-state index contributed by atoms with van der Waals surface area (Å²) in [5.74, 6) is 0. The van der Waals surface area contributed by atoms with Gasteiger partial charge in [0.25, 0.3) is 0 Å². The molecular weight excluding hydrogens is 347 g/mol. The molecule has 0 aromatic rings. The maximum Gasteiger partial charge on any atom is 0.516 e. The Labute approximate surface area is 182 Å². The van der Waals surface area contributed by atoms with Crippen LogP contribution in [0.2, 0.25) is 10.0 Å². The molecule has 29 heavy (non-hydrogen) atoms.